The van der Waals surface area contributed by atoms with Gasteiger partial charge in [-0.2, -0.15) is 0 Å². The Balaban J connectivity index is 1.97. The quantitative estimate of drug-likeness (QED) is 0.693. The molecule has 6 nitrogen and oxygen atoms in total. The summed E-state index contributed by atoms with van der Waals surface area (Å²) in [4.78, 5) is 25.8. The molecule has 0 spiro atoms. The van der Waals surface area contributed by atoms with Gasteiger partial charge in [0.05, 0.1) is 24.8 Å². The summed E-state index contributed by atoms with van der Waals surface area (Å²) in [5, 5.41) is 0.214. The number of rotatable bonds is 7. The molecule has 0 atom stereocenters. The molecule has 138 valence electrons. The van der Waals surface area contributed by atoms with Crippen LogP contribution < -0.4 is 9.47 Å². The van der Waals surface area contributed by atoms with Crippen LogP contribution in [0.1, 0.15) is 15.9 Å². The first kappa shape index (κ1) is 19.6. The summed E-state index contributed by atoms with van der Waals surface area (Å²) >= 11 is 6.07. The van der Waals surface area contributed by atoms with Crippen LogP contribution >= 0.6 is 11.6 Å². The van der Waals surface area contributed by atoms with E-state index in [1.807, 2.05) is 30.3 Å². The summed E-state index contributed by atoms with van der Waals surface area (Å²) in [7, 11) is 4.53. The van der Waals surface area contributed by atoms with Gasteiger partial charge in [0.15, 0.2) is 18.1 Å². The van der Waals surface area contributed by atoms with Crippen molar-refractivity contribution in [3.8, 4) is 11.5 Å². The van der Waals surface area contributed by atoms with Crippen molar-refractivity contribution in [2.45, 2.75) is 6.54 Å². The fourth-order valence-electron chi connectivity index (χ4n) is 2.30. The third-order valence-electron chi connectivity index (χ3n) is 3.68. The monoisotopic (exact) mass is 377 g/mol. The lowest BCUT2D eigenvalue weighted by Gasteiger charge is -2.17. The molecule has 7 heteroatoms. The van der Waals surface area contributed by atoms with Crippen LogP contribution in [0.2, 0.25) is 5.02 Å². The Morgan fingerprint density at radius 1 is 1.08 bits per heavy atom. The molecule has 2 rings (SSSR count). The number of benzene rings is 2. The predicted molar refractivity (Wildman–Crippen MR) is 97.8 cm³/mol. The molecule has 0 saturated carbocycles. The van der Waals surface area contributed by atoms with E-state index in [-0.39, 0.29) is 23.1 Å². The van der Waals surface area contributed by atoms with Gasteiger partial charge in [0.1, 0.15) is 0 Å². The van der Waals surface area contributed by atoms with Crippen LogP contribution in [0.5, 0.6) is 11.5 Å². The van der Waals surface area contributed by atoms with Crippen LogP contribution in [-0.2, 0) is 16.1 Å². The summed E-state index contributed by atoms with van der Waals surface area (Å²) in [6, 6.07) is 12.4. The Bertz CT molecular complexity index is 779. The van der Waals surface area contributed by atoms with Crippen molar-refractivity contribution in [2.75, 3.05) is 27.9 Å². The van der Waals surface area contributed by atoms with Crippen LogP contribution in [0.25, 0.3) is 0 Å². The molecule has 0 bridgehead atoms. The first-order chi connectivity index (χ1) is 12.5. The van der Waals surface area contributed by atoms with Crippen LogP contribution in [-0.4, -0.2) is 44.7 Å². The largest absolute Gasteiger partial charge is 0.493 e. The summed E-state index contributed by atoms with van der Waals surface area (Å²) in [5.41, 5.74) is 1.16. The third-order valence-corrected chi connectivity index (χ3v) is 3.97. The number of likely N-dealkylation sites (N-methyl/N-ethyl adjacent to an activating group) is 1. The number of carbonyl (C=O) groups is 2. The van der Waals surface area contributed by atoms with Crippen molar-refractivity contribution in [1.82, 2.24) is 4.90 Å². The lowest BCUT2D eigenvalue weighted by Crippen LogP contribution is -2.30. The van der Waals surface area contributed by atoms with Crippen LogP contribution in [0.4, 0.5) is 0 Å². The molecule has 0 aliphatic carbocycles. The molecule has 0 N–H and O–H groups in total. The first-order valence-electron chi connectivity index (χ1n) is 7.82. The maximum absolute atomic E-state index is 12.2. The van der Waals surface area contributed by atoms with Crippen LogP contribution in [0, 0.1) is 0 Å². The van der Waals surface area contributed by atoms with Crippen LogP contribution in [0.3, 0.4) is 0 Å². The van der Waals surface area contributed by atoms with E-state index in [4.69, 9.17) is 25.8 Å². The number of hydrogen-bond acceptors (Lipinski definition) is 5. The van der Waals surface area contributed by atoms with Gasteiger partial charge in [0.2, 0.25) is 0 Å². The summed E-state index contributed by atoms with van der Waals surface area (Å²) in [6.45, 7) is 0.0630. The minimum absolute atomic E-state index is 0.172. The third kappa shape index (κ3) is 4.89. The lowest BCUT2D eigenvalue weighted by atomic mass is 10.2. The molecular weight excluding hydrogens is 358 g/mol. The van der Waals surface area contributed by atoms with Crippen molar-refractivity contribution < 1.29 is 23.8 Å². The van der Waals surface area contributed by atoms with Crippen LogP contribution in [0.15, 0.2) is 42.5 Å². The van der Waals surface area contributed by atoms with Gasteiger partial charge in [0.25, 0.3) is 5.91 Å². The lowest BCUT2D eigenvalue weighted by molar-refractivity contribution is -0.133. The molecule has 0 saturated heterocycles. The van der Waals surface area contributed by atoms with Gasteiger partial charge in [-0.1, -0.05) is 41.9 Å². The van der Waals surface area contributed by atoms with Gasteiger partial charge in [-0.25, -0.2) is 4.79 Å². The molecule has 0 heterocycles. The smallest absolute Gasteiger partial charge is 0.338 e. The zero-order valence-electron chi connectivity index (χ0n) is 14.8. The maximum atomic E-state index is 12.2. The van der Waals surface area contributed by atoms with Gasteiger partial charge in [-0.15, -0.1) is 0 Å². The second-order valence-electron chi connectivity index (χ2n) is 5.51. The number of halogens is 1. The van der Waals surface area contributed by atoms with Crippen molar-refractivity contribution in [2.24, 2.45) is 0 Å². The molecule has 2 aromatic rings. The zero-order chi connectivity index (χ0) is 19.1. The Kier molecular flexibility index (Phi) is 6.86. The average molecular weight is 378 g/mol. The summed E-state index contributed by atoms with van der Waals surface area (Å²) < 4.78 is 15.4. The second kappa shape index (κ2) is 9.10. The number of hydrogen-bond donors (Lipinski definition) is 0. The topological polar surface area (TPSA) is 65.1 Å². The minimum atomic E-state index is -0.672. The standard InChI is InChI=1S/C19H20ClNO5/c1-21(11-13-7-5-4-6-8-13)17(22)12-26-19(23)14-9-15(20)18(25-3)16(10-14)24-2/h4-10H,11-12H2,1-3H3. The fraction of sp³-hybridized carbons (Fsp3) is 0.263. The van der Waals surface area contributed by atoms with Crippen molar-refractivity contribution >= 4 is 23.5 Å². The van der Waals surface area contributed by atoms with Crippen molar-refractivity contribution in [3.63, 3.8) is 0 Å². The first-order valence-corrected chi connectivity index (χ1v) is 8.20. The Labute approximate surface area is 157 Å². The molecular formula is C19H20ClNO5. The highest BCUT2D eigenvalue weighted by Crippen LogP contribution is 2.36. The molecule has 2 aromatic carbocycles. The van der Waals surface area contributed by atoms with Crippen molar-refractivity contribution in [3.05, 3.63) is 58.6 Å². The zero-order valence-corrected chi connectivity index (χ0v) is 15.6. The molecule has 0 radical (unpaired) electrons. The van der Waals surface area contributed by atoms with Gasteiger partial charge >= 0.3 is 5.97 Å². The normalized spacial score (nSPS) is 10.2. The molecule has 26 heavy (non-hydrogen) atoms. The van der Waals surface area contributed by atoms with Gasteiger partial charge in [-0.3, -0.25) is 4.79 Å². The van der Waals surface area contributed by atoms with Crippen molar-refractivity contribution in [1.29, 1.82) is 0 Å². The second-order valence-corrected chi connectivity index (χ2v) is 5.91. The van der Waals surface area contributed by atoms with E-state index in [0.717, 1.165) is 5.56 Å². The molecule has 0 fully saturated rings. The van der Waals surface area contributed by atoms with Gasteiger partial charge < -0.3 is 19.1 Å². The highest BCUT2D eigenvalue weighted by molar-refractivity contribution is 6.32. The van der Waals surface area contributed by atoms with E-state index in [1.165, 1.54) is 31.3 Å². The fourth-order valence-corrected chi connectivity index (χ4v) is 2.59. The number of carbonyl (C=O) groups excluding carboxylic acids is 2. The maximum Gasteiger partial charge on any atom is 0.338 e. The highest BCUT2D eigenvalue weighted by atomic mass is 35.5. The van der Waals surface area contributed by atoms with E-state index >= 15 is 0 Å². The number of esters is 1. The van der Waals surface area contributed by atoms with E-state index in [0.29, 0.717) is 18.0 Å². The molecule has 0 aliphatic rings. The molecule has 0 unspecified atom stereocenters. The average Bonchev–Trinajstić information content (AvgIpc) is 2.65. The van der Waals surface area contributed by atoms with Gasteiger partial charge in [-0.05, 0) is 17.7 Å². The SMILES string of the molecule is COc1cc(C(=O)OCC(=O)N(C)Cc2ccccc2)cc(Cl)c1OC. The van der Waals surface area contributed by atoms with Gasteiger partial charge in [0, 0.05) is 13.6 Å². The van der Waals surface area contributed by atoms with E-state index < -0.39 is 5.97 Å². The Hall–Kier alpha value is -2.73. The van der Waals surface area contributed by atoms with E-state index in [1.54, 1.807) is 7.05 Å². The summed E-state index contributed by atoms with van der Waals surface area (Å²) in [6.07, 6.45) is 0. The molecule has 0 aliphatic heterocycles. The number of ether oxygens (including phenoxy) is 3. The number of amides is 1. The molecule has 0 aromatic heterocycles. The predicted octanol–water partition coefficient (Wildman–Crippen LogP) is 3.17. The van der Waals surface area contributed by atoms with E-state index in [9.17, 15) is 9.59 Å². The highest BCUT2D eigenvalue weighted by Gasteiger charge is 2.18. The minimum Gasteiger partial charge on any atom is -0.493 e. The number of methoxy groups -OCH3 is 2. The number of nitrogens with zero attached hydrogens (tertiary/aromatic N) is 1. The molecule has 1 amide bonds. The summed E-state index contributed by atoms with van der Waals surface area (Å²) in [5.74, 6) is -0.355. The Morgan fingerprint density at radius 2 is 1.77 bits per heavy atom. The Morgan fingerprint density at radius 3 is 2.38 bits per heavy atom. The van der Waals surface area contributed by atoms with E-state index in [2.05, 4.69) is 0 Å².